The minimum absolute atomic E-state index is 0.0207. The number of nitro groups is 1. The maximum atomic E-state index is 10.3. The Morgan fingerprint density at radius 2 is 1.82 bits per heavy atom. The molecule has 0 heterocycles. The van der Waals surface area contributed by atoms with Gasteiger partial charge in [-0.3, -0.25) is 10.1 Å². The summed E-state index contributed by atoms with van der Waals surface area (Å²) in [6, 6.07) is 3.76. The molecule has 1 aromatic carbocycles. The zero-order valence-corrected chi connectivity index (χ0v) is 8.61. The third kappa shape index (κ3) is 7.07. The zero-order valence-electron chi connectivity index (χ0n) is 7.86. The molecule has 0 radical (unpaired) electrons. The molecule has 0 atom stereocenters. The van der Waals surface area contributed by atoms with Crippen molar-refractivity contribution in [3.63, 3.8) is 0 Å². The Kier molecular flexibility index (Phi) is 5.33. The molecular formula is C6H3BClF4N3O2. The highest BCUT2D eigenvalue weighted by Gasteiger charge is 2.20. The van der Waals surface area contributed by atoms with Crippen molar-refractivity contribution in [3.8, 4) is 0 Å². The van der Waals surface area contributed by atoms with Gasteiger partial charge in [0, 0.05) is 6.07 Å². The van der Waals surface area contributed by atoms with E-state index < -0.39 is 12.2 Å². The monoisotopic (exact) mass is 271 g/mol. The van der Waals surface area contributed by atoms with E-state index in [1.54, 1.807) is 0 Å². The molecule has 0 spiro atoms. The highest BCUT2D eigenvalue weighted by molar-refractivity contribution is 6.50. The van der Waals surface area contributed by atoms with Gasteiger partial charge < -0.3 is 17.3 Å². The molecule has 0 saturated carbocycles. The second-order valence-electron chi connectivity index (χ2n) is 2.49. The van der Waals surface area contributed by atoms with Crippen LogP contribution >= 0.6 is 11.6 Å². The van der Waals surface area contributed by atoms with Gasteiger partial charge in [0.05, 0.1) is 4.92 Å². The first-order chi connectivity index (χ1) is 7.65. The largest absolute Gasteiger partial charge is 0.673 e. The fourth-order valence-electron chi connectivity index (χ4n) is 0.703. The van der Waals surface area contributed by atoms with Gasteiger partial charge in [-0.25, -0.2) is 0 Å². The first kappa shape index (κ1) is 15.1. The minimum atomic E-state index is -6.00. The highest BCUT2D eigenvalue weighted by Crippen LogP contribution is 2.28. The Balaban J connectivity index is 0.000000437. The number of halogens is 5. The third-order valence-corrected chi connectivity index (χ3v) is 1.56. The van der Waals surface area contributed by atoms with Gasteiger partial charge in [0.1, 0.15) is 11.1 Å². The molecule has 11 heteroatoms. The van der Waals surface area contributed by atoms with Gasteiger partial charge >= 0.3 is 12.9 Å². The van der Waals surface area contributed by atoms with E-state index in [0.717, 1.165) is 6.07 Å². The second kappa shape index (κ2) is 6.00. The van der Waals surface area contributed by atoms with Crippen molar-refractivity contribution in [2.24, 2.45) is 0 Å². The molecule has 0 aliphatic heterocycles. The Morgan fingerprint density at radius 3 is 2.18 bits per heavy atom. The van der Waals surface area contributed by atoms with Crippen LogP contribution in [-0.2, 0) is 0 Å². The molecule has 0 aliphatic carbocycles. The standard InChI is InChI=1S/C6H3ClN3O2.BF4/c7-5-2-1-4(9-8)3-6(5)10(11)12;2-1(3,4)5/h1-3H;/q+1;-1. The molecule has 0 unspecified atom stereocenters. The molecule has 5 nitrogen and oxygen atoms in total. The zero-order chi connectivity index (χ0) is 13.6. The van der Waals surface area contributed by atoms with E-state index in [2.05, 4.69) is 4.98 Å². The van der Waals surface area contributed by atoms with Gasteiger partial charge in [-0.2, -0.15) is 0 Å². The summed E-state index contributed by atoms with van der Waals surface area (Å²) in [5.41, 5.74) is -0.168. The lowest BCUT2D eigenvalue weighted by molar-refractivity contribution is -0.384. The fraction of sp³-hybridized carbons (Fsp3) is 0. The van der Waals surface area contributed by atoms with Crippen molar-refractivity contribution < 1.29 is 22.2 Å². The van der Waals surface area contributed by atoms with Gasteiger partial charge in [-0.1, -0.05) is 11.6 Å². The average molecular weight is 271 g/mol. The summed E-state index contributed by atoms with van der Waals surface area (Å²) in [4.78, 5) is 12.4. The Labute approximate surface area is 96.9 Å². The fourth-order valence-corrected chi connectivity index (χ4v) is 0.890. The normalized spacial score (nSPS) is 9.88. The molecule has 0 aromatic heterocycles. The van der Waals surface area contributed by atoms with Crippen LogP contribution in [0.5, 0.6) is 0 Å². The quantitative estimate of drug-likeness (QED) is 0.254. The van der Waals surface area contributed by atoms with E-state index in [0.29, 0.717) is 0 Å². The van der Waals surface area contributed by atoms with Crippen molar-refractivity contribution >= 4 is 30.2 Å². The summed E-state index contributed by atoms with van der Waals surface area (Å²) in [6.45, 7) is 0. The number of nitro benzene ring substituents is 1. The first-order valence-electron chi connectivity index (χ1n) is 3.81. The van der Waals surface area contributed by atoms with E-state index in [4.69, 9.17) is 17.0 Å². The molecule has 17 heavy (non-hydrogen) atoms. The topological polar surface area (TPSA) is 71.3 Å². The summed E-state index contributed by atoms with van der Waals surface area (Å²) in [7, 11) is -6.00. The van der Waals surface area contributed by atoms with Crippen LogP contribution in [0.1, 0.15) is 0 Å². The van der Waals surface area contributed by atoms with E-state index in [1.807, 2.05) is 0 Å². The second-order valence-corrected chi connectivity index (χ2v) is 2.89. The molecule has 1 rings (SSSR count). The maximum Gasteiger partial charge on any atom is 0.673 e. The summed E-state index contributed by atoms with van der Waals surface area (Å²) >= 11 is 5.48. The molecule has 0 fully saturated rings. The van der Waals surface area contributed by atoms with Gasteiger partial charge in [0.25, 0.3) is 5.69 Å². The number of hydrogen-bond donors (Lipinski definition) is 0. The van der Waals surface area contributed by atoms with Gasteiger partial charge in [0.15, 0.2) is 4.98 Å². The van der Waals surface area contributed by atoms with Crippen molar-refractivity contribution in [2.75, 3.05) is 0 Å². The van der Waals surface area contributed by atoms with Crippen molar-refractivity contribution in [1.29, 1.82) is 5.39 Å². The molecule has 1 aromatic rings. The number of benzene rings is 1. The summed E-state index contributed by atoms with van der Waals surface area (Å²) in [5.74, 6) is 0. The number of rotatable bonds is 1. The Hall–Kier alpha value is -1.89. The van der Waals surface area contributed by atoms with Crippen LogP contribution in [0.3, 0.4) is 0 Å². The predicted molar refractivity (Wildman–Crippen MR) is 53.0 cm³/mol. The minimum Gasteiger partial charge on any atom is -0.418 e. The molecule has 0 aliphatic rings. The first-order valence-corrected chi connectivity index (χ1v) is 4.19. The van der Waals surface area contributed by atoms with Gasteiger partial charge in [-0.15, -0.1) is 0 Å². The summed E-state index contributed by atoms with van der Waals surface area (Å²) in [5, 5.41) is 18.6. The van der Waals surface area contributed by atoms with Gasteiger partial charge in [-0.05, 0) is 6.07 Å². The SMILES string of the molecule is F[B-](F)(F)F.N#[N+]c1ccc(Cl)c([N+](=O)[O-])c1. The summed E-state index contributed by atoms with van der Waals surface area (Å²) < 4.78 is 39.0. The van der Waals surface area contributed by atoms with Crippen LogP contribution in [0.25, 0.3) is 4.98 Å². The molecule has 0 N–H and O–H groups in total. The highest BCUT2D eigenvalue weighted by atomic mass is 35.5. The molecular weight excluding hydrogens is 268 g/mol. The van der Waals surface area contributed by atoms with Crippen LogP contribution in [0.4, 0.5) is 28.6 Å². The van der Waals surface area contributed by atoms with Gasteiger partial charge in [0.2, 0.25) is 5.39 Å². The lowest BCUT2D eigenvalue weighted by atomic mass is 10.3. The van der Waals surface area contributed by atoms with Crippen LogP contribution in [0.15, 0.2) is 18.2 Å². The molecule has 0 saturated heterocycles. The van der Waals surface area contributed by atoms with Crippen LogP contribution in [0.2, 0.25) is 5.02 Å². The van der Waals surface area contributed by atoms with Crippen LogP contribution in [0, 0.1) is 15.5 Å². The summed E-state index contributed by atoms with van der Waals surface area (Å²) in [6.07, 6.45) is 0. The lowest BCUT2D eigenvalue weighted by Gasteiger charge is -1.94. The van der Waals surface area contributed by atoms with E-state index in [1.165, 1.54) is 12.1 Å². The Morgan fingerprint density at radius 1 is 1.35 bits per heavy atom. The van der Waals surface area contributed by atoms with Crippen molar-refractivity contribution in [1.82, 2.24) is 0 Å². The van der Waals surface area contributed by atoms with E-state index in [9.17, 15) is 27.4 Å². The maximum absolute atomic E-state index is 10.3. The number of hydrogen-bond acceptors (Lipinski definition) is 3. The molecule has 92 valence electrons. The smallest absolute Gasteiger partial charge is 0.418 e. The van der Waals surface area contributed by atoms with Crippen LogP contribution in [-0.4, -0.2) is 12.2 Å². The molecule has 0 amide bonds. The Bertz CT molecular complexity index is 456. The van der Waals surface area contributed by atoms with Crippen molar-refractivity contribution in [2.45, 2.75) is 0 Å². The average Bonchev–Trinajstić information content (AvgIpc) is 2.15. The predicted octanol–water partition coefficient (Wildman–Crippen LogP) is 4.03. The lowest BCUT2D eigenvalue weighted by Crippen LogP contribution is -2.02. The molecule has 0 bridgehead atoms. The van der Waals surface area contributed by atoms with Crippen LogP contribution < -0.4 is 0 Å². The number of nitrogens with zero attached hydrogens (tertiary/aromatic N) is 3. The van der Waals surface area contributed by atoms with E-state index >= 15 is 0 Å². The van der Waals surface area contributed by atoms with E-state index in [-0.39, 0.29) is 16.4 Å². The third-order valence-electron chi connectivity index (χ3n) is 1.24. The number of diazo groups is 1. The van der Waals surface area contributed by atoms with Crippen molar-refractivity contribution in [3.05, 3.63) is 38.3 Å².